The van der Waals surface area contributed by atoms with E-state index in [4.69, 9.17) is 10.5 Å². The van der Waals surface area contributed by atoms with Crippen molar-refractivity contribution in [2.75, 3.05) is 0 Å². The molecule has 2 atom stereocenters. The molecule has 1 amide bonds. The Morgan fingerprint density at radius 1 is 1.42 bits per heavy atom. The lowest BCUT2D eigenvalue weighted by Gasteiger charge is -2.31. The Bertz CT molecular complexity index is 584. The fraction of sp³-hybridized carbons (Fsp3) is 0.333. The number of aryl methyl sites for hydroxylation is 1. The van der Waals surface area contributed by atoms with Crippen LogP contribution in [0.1, 0.15) is 29.7 Å². The van der Waals surface area contributed by atoms with E-state index >= 15 is 0 Å². The van der Waals surface area contributed by atoms with Gasteiger partial charge in [0.1, 0.15) is 6.04 Å². The first-order chi connectivity index (χ1) is 9.25. The molecule has 0 saturated carbocycles. The molecule has 1 heterocycles. The van der Waals surface area contributed by atoms with Crippen LogP contribution in [-0.2, 0) is 11.2 Å². The standard InChI is InChI=1S/C12H13N5O2/c13-12(18)19-11-9-4-2-1-3-8(9)5-6-10(11)17-15-7-14-16-17/h1-4,7,10-11H,5-6H2,(H2,13,18). The number of benzene rings is 1. The van der Waals surface area contributed by atoms with Gasteiger partial charge in [-0.2, -0.15) is 4.80 Å². The highest BCUT2D eigenvalue weighted by Crippen LogP contribution is 2.39. The van der Waals surface area contributed by atoms with Gasteiger partial charge in [0.2, 0.25) is 0 Å². The van der Waals surface area contributed by atoms with Gasteiger partial charge in [-0.1, -0.05) is 24.3 Å². The van der Waals surface area contributed by atoms with Crippen molar-refractivity contribution in [1.82, 2.24) is 20.2 Å². The first-order valence-electron chi connectivity index (χ1n) is 6.02. The lowest BCUT2D eigenvalue weighted by molar-refractivity contribution is 0.0525. The van der Waals surface area contributed by atoms with E-state index in [-0.39, 0.29) is 6.04 Å². The number of carbonyl (C=O) groups is 1. The van der Waals surface area contributed by atoms with Gasteiger partial charge in [0.15, 0.2) is 12.4 Å². The zero-order valence-electron chi connectivity index (χ0n) is 10.1. The number of aromatic nitrogens is 4. The van der Waals surface area contributed by atoms with Crippen molar-refractivity contribution in [3.05, 3.63) is 41.7 Å². The van der Waals surface area contributed by atoms with Gasteiger partial charge in [0.25, 0.3) is 0 Å². The summed E-state index contributed by atoms with van der Waals surface area (Å²) in [5, 5.41) is 11.6. The summed E-state index contributed by atoms with van der Waals surface area (Å²) < 4.78 is 5.26. The normalized spacial score (nSPS) is 21.7. The number of ether oxygens (including phenoxy) is 1. The van der Waals surface area contributed by atoms with Gasteiger partial charge in [0, 0.05) is 0 Å². The van der Waals surface area contributed by atoms with Crippen LogP contribution in [0, 0.1) is 0 Å². The highest BCUT2D eigenvalue weighted by Gasteiger charge is 2.34. The number of primary amides is 1. The Kier molecular flexibility index (Phi) is 2.86. The number of rotatable bonds is 2. The van der Waals surface area contributed by atoms with Gasteiger partial charge in [-0.3, -0.25) is 0 Å². The smallest absolute Gasteiger partial charge is 0.405 e. The fourth-order valence-corrected chi connectivity index (χ4v) is 2.53. The molecule has 0 bridgehead atoms. The minimum absolute atomic E-state index is 0.176. The summed E-state index contributed by atoms with van der Waals surface area (Å²) in [4.78, 5) is 12.6. The molecule has 1 aromatic carbocycles. The van der Waals surface area contributed by atoms with Crippen LogP contribution in [0.2, 0.25) is 0 Å². The van der Waals surface area contributed by atoms with Crippen molar-refractivity contribution in [3.8, 4) is 0 Å². The predicted molar refractivity (Wildman–Crippen MR) is 65.0 cm³/mol. The second-order valence-electron chi connectivity index (χ2n) is 4.42. The quantitative estimate of drug-likeness (QED) is 0.867. The molecule has 1 aromatic heterocycles. The van der Waals surface area contributed by atoms with Crippen LogP contribution >= 0.6 is 0 Å². The van der Waals surface area contributed by atoms with Crippen LogP contribution in [0.25, 0.3) is 0 Å². The number of hydrogen-bond donors (Lipinski definition) is 1. The summed E-state index contributed by atoms with van der Waals surface area (Å²) in [6.45, 7) is 0. The van der Waals surface area contributed by atoms with E-state index in [2.05, 4.69) is 15.4 Å². The van der Waals surface area contributed by atoms with Crippen molar-refractivity contribution in [3.63, 3.8) is 0 Å². The Balaban J connectivity index is 2.00. The Morgan fingerprint density at radius 2 is 2.26 bits per heavy atom. The van der Waals surface area contributed by atoms with Gasteiger partial charge >= 0.3 is 6.09 Å². The Hall–Kier alpha value is -2.44. The highest BCUT2D eigenvalue weighted by atomic mass is 16.6. The zero-order valence-corrected chi connectivity index (χ0v) is 10.1. The monoisotopic (exact) mass is 259 g/mol. The average molecular weight is 259 g/mol. The fourth-order valence-electron chi connectivity index (χ4n) is 2.53. The minimum Gasteiger partial charge on any atom is -0.439 e. The van der Waals surface area contributed by atoms with Crippen LogP contribution < -0.4 is 5.73 Å². The number of nitrogens with zero attached hydrogens (tertiary/aromatic N) is 4. The molecule has 2 N–H and O–H groups in total. The largest absolute Gasteiger partial charge is 0.439 e. The second kappa shape index (κ2) is 4.68. The number of amides is 1. The first kappa shape index (κ1) is 11.6. The van der Waals surface area contributed by atoms with E-state index in [0.29, 0.717) is 0 Å². The molecule has 2 unspecified atom stereocenters. The van der Waals surface area contributed by atoms with E-state index in [1.807, 2.05) is 24.3 Å². The van der Waals surface area contributed by atoms with Gasteiger partial charge in [-0.15, -0.1) is 10.2 Å². The number of hydrogen-bond acceptors (Lipinski definition) is 5. The van der Waals surface area contributed by atoms with Gasteiger partial charge in [-0.25, -0.2) is 4.79 Å². The van der Waals surface area contributed by atoms with Crippen LogP contribution in [0.5, 0.6) is 0 Å². The molecule has 19 heavy (non-hydrogen) atoms. The van der Waals surface area contributed by atoms with Crippen molar-refractivity contribution in [2.24, 2.45) is 5.73 Å². The van der Waals surface area contributed by atoms with Gasteiger partial charge in [0.05, 0.1) is 0 Å². The number of nitrogens with two attached hydrogens (primary N) is 1. The average Bonchev–Trinajstić information content (AvgIpc) is 2.92. The zero-order chi connectivity index (χ0) is 13.2. The molecule has 1 aliphatic rings. The Labute approximate surface area is 109 Å². The lowest BCUT2D eigenvalue weighted by Crippen LogP contribution is -2.30. The number of fused-ring (bicyclic) bond motifs is 1. The summed E-state index contributed by atoms with van der Waals surface area (Å²) in [7, 11) is 0. The topological polar surface area (TPSA) is 95.9 Å². The SMILES string of the molecule is NC(=O)OC1c2ccccc2CCC1n1ncnn1. The van der Waals surface area contributed by atoms with Crippen molar-refractivity contribution < 1.29 is 9.53 Å². The van der Waals surface area contributed by atoms with E-state index < -0.39 is 12.2 Å². The summed E-state index contributed by atoms with van der Waals surface area (Å²) in [5.41, 5.74) is 7.28. The molecule has 3 rings (SSSR count). The third kappa shape index (κ3) is 2.14. The summed E-state index contributed by atoms with van der Waals surface area (Å²) in [6.07, 6.45) is 1.73. The van der Waals surface area contributed by atoms with Gasteiger partial charge < -0.3 is 10.5 Å². The number of carbonyl (C=O) groups excluding carboxylic acids is 1. The van der Waals surface area contributed by atoms with Crippen LogP contribution in [0.15, 0.2) is 30.6 Å². The summed E-state index contributed by atoms with van der Waals surface area (Å²) >= 11 is 0. The maximum atomic E-state index is 11.1. The molecule has 0 saturated heterocycles. The van der Waals surface area contributed by atoms with Crippen molar-refractivity contribution >= 4 is 6.09 Å². The summed E-state index contributed by atoms with van der Waals surface area (Å²) in [6, 6.07) is 7.66. The predicted octanol–water partition coefficient (Wildman–Crippen LogP) is 0.997. The van der Waals surface area contributed by atoms with Crippen LogP contribution in [0.4, 0.5) is 4.79 Å². The third-order valence-corrected chi connectivity index (χ3v) is 3.33. The lowest BCUT2D eigenvalue weighted by atomic mass is 9.86. The van der Waals surface area contributed by atoms with Crippen LogP contribution in [0.3, 0.4) is 0 Å². The number of tetrazole rings is 1. The molecule has 98 valence electrons. The first-order valence-corrected chi connectivity index (χ1v) is 6.02. The molecular formula is C12H13N5O2. The molecular weight excluding hydrogens is 246 g/mol. The van der Waals surface area contributed by atoms with Crippen molar-refractivity contribution in [1.29, 1.82) is 0 Å². The van der Waals surface area contributed by atoms with Gasteiger partial charge in [-0.05, 0) is 29.2 Å². The van der Waals surface area contributed by atoms with E-state index in [9.17, 15) is 4.79 Å². The highest BCUT2D eigenvalue weighted by molar-refractivity contribution is 5.65. The molecule has 0 radical (unpaired) electrons. The van der Waals surface area contributed by atoms with E-state index in [0.717, 1.165) is 24.0 Å². The molecule has 1 aliphatic carbocycles. The molecule has 7 heteroatoms. The van der Waals surface area contributed by atoms with E-state index in [1.165, 1.54) is 11.1 Å². The Morgan fingerprint density at radius 3 is 3.00 bits per heavy atom. The van der Waals surface area contributed by atoms with Crippen molar-refractivity contribution in [2.45, 2.75) is 25.0 Å². The molecule has 0 spiro atoms. The summed E-state index contributed by atoms with van der Waals surface area (Å²) in [5.74, 6) is 0. The maximum Gasteiger partial charge on any atom is 0.405 e. The van der Waals surface area contributed by atoms with E-state index in [1.54, 1.807) is 0 Å². The van der Waals surface area contributed by atoms with Crippen LogP contribution in [-0.4, -0.2) is 26.3 Å². The third-order valence-electron chi connectivity index (χ3n) is 3.33. The molecule has 2 aromatic rings. The molecule has 0 aliphatic heterocycles. The molecule has 0 fully saturated rings. The second-order valence-corrected chi connectivity index (χ2v) is 4.42. The molecule has 7 nitrogen and oxygen atoms in total. The maximum absolute atomic E-state index is 11.1. The minimum atomic E-state index is -0.799.